The zero-order chi connectivity index (χ0) is 21.6. The molecule has 5 rings (SSSR count). The van der Waals surface area contributed by atoms with E-state index in [9.17, 15) is 8.42 Å². The Labute approximate surface area is 184 Å². The minimum atomic E-state index is -3.79. The predicted molar refractivity (Wildman–Crippen MR) is 119 cm³/mol. The molecule has 4 aromatic rings. The van der Waals surface area contributed by atoms with Gasteiger partial charge in [0, 0.05) is 27.8 Å². The van der Waals surface area contributed by atoms with E-state index >= 15 is 0 Å². The second-order valence-corrected chi connectivity index (χ2v) is 9.46. The van der Waals surface area contributed by atoms with Gasteiger partial charge in [0.1, 0.15) is 0 Å². The first kappa shape index (κ1) is 19.8. The largest absolute Gasteiger partial charge is 0.238 e. The highest BCUT2D eigenvalue weighted by Crippen LogP contribution is 2.41. The van der Waals surface area contributed by atoms with Crippen LogP contribution in [0.2, 0.25) is 5.02 Å². The van der Waals surface area contributed by atoms with Crippen molar-refractivity contribution in [3.63, 3.8) is 0 Å². The lowest BCUT2D eigenvalue weighted by molar-refractivity contribution is 0.598. The zero-order valence-corrected chi connectivity index (χ0v) is 17.9. The molecule has 1 saturated carbocycles. The fourth-order valence-corrected chi connectivity index (χ4v) is 4.09. The molecular formula is C23H17ClN4O2S. The van der Waals surface area contributed by atoms with Crippen LogP contribution < -0.4 is 5.14 Å². The number of nitrogens with two attached hydrogens (primary N) is 1. The number of benzene rings is 2. The van der Waals surface area contributed by atoms with Crippen LogP contribution in [0.3, 0.4) is 0 Å². The van der Waals surface area contributed by atoms with Gasteiger partial charge in [-0.1, -0.05) is 41.6 Å². The van der Waals surface area contributed by atoms with E-state index in [-0.39, 0.29) is 4.90 Å². The summed E-state index contributed by atoms with van der Waals surface area (Å²) in [5, 5.41) is 10.4. The molecule has 2 N–H and O–H groups in total. The lowest BCUT2D eigenvalue weighted by atomic mass is 10.1. The molecule has 0 unspecified atom stereocenters. The van der Waals surface area contributed by atoms with E-state index in [0.29, 0.717) is 27.7 Å². The summed E-state index contributed by atoms with van der Waals surface area (Å²) in [6.45, 7) is 0. The third kappa shape index (κ3) is 4.06. The molecule has 6 nitrogen and oxygen atoms in total. The van der Waals surface area contributed by atoms with Crippen molar-refractivity contribution in [1.29, 1.82) is 0 Å². The van der Waals surface area contributed by atoms with Gasteiger partial charge < -0.3 is 0 Å². The third-order valence-corrected chi connectivity index (χ3v) is 6.30. The summed E-state index contributed by atoms with van der Waals surface area (Å²) in [6.07, 6.45) is 3.94. The third-order valence-electron chi connectivity index (χ3n) is 5.14. The van der Waals surface area contributed by atoms with Gasteiger partial charge in [-0.05, 0) is 49.2 Å². The van der Waals surface area contributed by atoms with Gasteiger partial charge in [-0.25, -0.2) is 23.1 Å². The standard InChI is InChI=1S/C23H17ClN4O2S/c24-19-10-8-16(9-11-19)21-13-22(17-6-7-17)28-23(27-21)18(14-26-28)5-4-15-2-1-3-20(12-15)31(25,29)30/h1-3,8-14,17H,6-7H2,(H2,25,29,30). The molecule has 0 saturated heterocycles. The summed E-state index contributed by atoms with van der Waals surface area (Å²) in [4.78, 5) is 4.84. The first-order chi connectivity index (χ1) is 14.9. The first-order valence-electron chi connectivity index (χ1n) is 9.68. The lowest BCUT2D eigenvalue weighted by Crippen LogP contribution is -2.11. The average Bonchev–Trinajstić information content (AvgIpc) is 3.52. The van der Waals surface area contributed by atoms with Crippen molar-refractivity contribution in [2.45, 2.75) is 23.7 Å². The van der Waals surface area contributed by atoms with E-state index < -0.39 is 10.0 Å². The van der Waals surface area contributed by atoms with E-state index in [0.717, 1.165) is 29.8 Å². The molecule has 2 heterocycles. The minimum Gasteiger partial charge on any atom is -0.227 e. The van der Waals surface area contributed by atoms with Gasteiger partial charge in [-0.3, -0.25) is 0 Å². The summed E-state index contributed by atoms with van der Waals surface area (Å²) in [7, 11) is -3.79. The Hall–Kier alpha value is -3.18. The van der Waals surface area contributed by atoms with E-state index in [1.807, 2.05) is 28.8 Å². The number of halogens is 1. The Morgan fingerprint density at radius 3 is 2.55 bits per heavy atom. The van der Waals surface area contributed by atoms with Crippen molar-refractivity contribution in [3.05, 3.63) is 82.6 Å². The van der Waals surface area contributed by atoms with E-state index in [2.05, 4.69) is 23.0 Å². The number of hydrogen-bond acceptors (Lipinski definition) is 4. The highest BCUT2D eigenvalue weighted by molar-refractivity contribution is 7.89. The van der Waals surface area contributed by atoms with Crippen LogP contribution >= 0.6 is 11.6 Å². The van der Waals surface area contributed by atoms with E-state index in [1.54, 1.807) is 18.3 Å². The Morgan fingerprint density at radius 2 is 1.84 bits per heavy atom. The number of aromatic nitrogens is 3. The minimum absolute atomic E-state index is 0.0262. The van der Waals surface area contributed by atoms with Crippen molar-refractivity contribution in [2.24, 2.45) is 5.14 Å². The molecule has 1 fully saturated rings. The molecular weight excluding hydrogens is 432 g/mol. The fourth-order valence-electron chi connectivity index (χ4n) is 3.40. The smallest absolute Gasteiger partial charge is 0.227 e. The Bertz CT molecular complexity index is 1480. The highest BCUT2D eigenvalue weighted by Gasteiger charge is 2.28. The summed E-state index contributed by atoms with van der Waals surface area (Å²) < 4.78 is 25.0. The number of hydrogen-bond donors (Lipinski definition) is 1. The summed E-state index contributed by atoms with van der Waals surface area (Å²) in [5.74, 6) is 6.55. The van der Waals surface area contributed by atoms with Crippen LogP contribution in [0.15, 0.2) is 65.7 Å². The van der Waals surface area contributed by atoms with Gasteiger partial charge in [-0.2, -0.15) is 5.10 Å². The molecule has 0 aliphatic heterocycles. The molecule has 0 radical (unpaired) electrons. The molecule has 31 heavy (non-hydrogen) atoms. The summed E-state index contributed by atoms with van der Waals surface area (Å²) in [6, 6.07) is 15.9. The molecule has 0 amide bonds. The average molecular weight is 449 g/mol. The number of primary sulfonamides is 1. The molecule has 0 atom stereocenters. The molecule has 2 aromatic heterocycles. The second-order valence-electron chi connectivity index (χ2n) is 7.46. The maximum absolute atomic E-state index is 11.6. The van der Waals surface area contributed by atoms with Gasteiger partial charge in [-0.15, -0.1) is 0 Å². The van der Waals surface area contributed by atoms with E-state index in [4.69, 9.17) is 21.7 Å². The monoisotopic (exact) mass is 448 g/mol. The van der Waals surface area contributed by atoms with Gasteiger partial charge in [0.15, 0.2) is 5.65 Å². The maximum Gasteiger partial charge on any atom is 0.238 e. The highest BCUT2D eigenvalue weighted by atomic mass is 35.5. The molecule has 2 aromatic carbocycles. The second kappa shape index (κ2) is 7.50. The summed E-state index contributed by atoms with van der Waals surface area (Å²) >= 11 is 6.03. The molecule has 0 spiro atoms. The van der Waals surface area contributed by atoms with Crippen LogP contribution in [-0.2, 0) is 10.0 Å². The van der Waals surface area contributed by atoms with Crippen LogP contribution in [0.1, 0.15) is 35.6 Å². The van der Waals surface area contributed by atoms with Crippen LogP contribution in [0.25, 0.3) is 16.9 Å². The SMILES string of the molecule is NS(=O)(=O)c1cccc(C#Cc2cnn3c(C4CC4)cc(-c4ccc(Cl)cc4)nc23)c1. The molecule has 1 aliphatic rings. The predicted octanol–water partition coefficient (Wildman–Crippen LogP) is 3.97. The van der Waals surface area contributed by atoms with Crippen molar-refractivity contribution in [3.8, 4) is 23.1 Å². The van der Waals surface area contributed by atoms with Gasteiger partial charge in [0.25, 0.3) is 0 Å². The van der Waals surface area contributed by atoms with Crippen molar-refractivity contribution >= 4 is 27.3 Å². The normalized spacial score (nSPS) is 13.7. The number of nitrogens with zero attached hydrogens (tertiary/aromatic N) is 3. The van der Waals surface area contributed by atoms with Crippen LogP contribution in [-0.4, -0.2) is 23.0 Å². The van der Waals surface area contributed by atoms with Crippen molar-refractivity contribution < 1.29 is 8.42 Å². The number of sulfonamides is 1. The fraction of sp³-hybridized carbons (Fsp3) is 0.130. The molecule has 0 bridgehead atoms. The van der Waals surface area contributed by atoms with Crippen LogP contribution in [0, 0.1) is 11.8 Å². The molecule has 8 heteroatoms. The maximum atomic E-state index is 11.6. The topological polar surface area (TPSA) is 90.4 Å². The Kier molecular flexibility index (Phi) is 4.78. The Morgan fingerprint density at radius 1 is 1.06 bits per heavy atom. The molecule has 154 valence electrons. The zero-order valence-electron chi connectivity index (χ0n) is 16.3. The summed E-state index contributed by atoms with van der Waals surface area (Å²) in [5.41, 5.74) is 4.80. The number of fused-ring (bicyclic) bond motifs is 1. The van der Waals surface area contributed by atoms with Crippen molar-refractivity contribution in [2.75, 3.05) is 0 Å². The molecule has 1 aliphatic carbocycles. The van der Waals surface area contributed by atoms with Crippen molar-refractivity contribution in [1.82, 2.24) is 14.6 Å². The van der Waals surface area contributed by atoms with Crippen LogP contribution in [0.5, 0.6) is 0 Å². The lowest BCUT2D eigenvalue weighted by Gasteiger charge is -2.08. The van der Waals surface area contributed by atoms with E-state index in [1.165, 1.54) is 12.1 Å². The first-order valence-corrected chi connectivity index (χ1v) is 11.6. The van der Waals surface area contributed by atoms with Gasteiger partial charge in [0.2, 0.25) is 10.0 Å². The Balaban J connectivity index is 1.61. The number of rotatable bonds is 3. The van der Waals surface area contributed by atoms with Crippen LogP contribution in [0.4, 0.5) is 0 Å². The van der Waals surface area contributed by atoms with Gasteiger partial charge >= 0.3 is 0 Å². The van der Waals surface area contributed by atoms with Gasteiger partial charge in [0.05, 0.1) is 22.3 Å². The quantitative estimate of drug-likeness (QED) is 0.480.